The van der Waals surface area contributed by atoms with Crippen LogP contribution in [-0.4, -0.2) is 25.9 Å². The number of sulfonamides is 1. The minimum absolute atomic E-state index is 0.0681. The van der Waals surface area contributed by atoms with E-state index in [-0.39, 0.29) is 10.8 Å². The van der Waals surface area contributed by atoms with Gasteiger partial charge in [0.15, 0.2) is 0 Å². The molecule has 0 unspecified atom stereocenters. The largest absolute Gasteiger partial charge is 0.347 e. The molecule has 2 rings (SSSR count). The van der Waals surface area contributed by atoms with Crippen LogP contribution >= 0.6 is 0 Å². The first kappa shape index (κ1) is 16.3. The summed E-state index contributed by atoms with van der Waals surface area (Å²) in [5.41, 5.74) is 2.41. The molecule has 7 heteroatoms. The van der Waals surface area contributed by atoms with Gasteiger partial charge >= 0.3 is 0 Å². The molecule has 0 fully saturated rings. The van der Waals surface area contributed by atoms with Crippen molar-refractivity contribution in [1.82, 2.24) is 14.6 Å². The van der Waals surface area contributed by atoms with Crippen LogP contribution in [0.4, 0.5) is 0 Å². The molecular weight excluding hydrogens is 302 g/mol. The van der Waals surface area contributed by atoms with Crippen LogP contribution in [-0.2, 0) is 23.6 Å². The number of amides is 1. The highest BCUT2D eigenvalue weighted by Crippen LogP contribution is 2.13. The van der Waals surface area contributed by atoms with Gasteiger partial charge in [0, 0.05) is 19.8 Å². The number of hydrogen-bond donors (Lipinski definition) is 2. The number of carbonyl (C=O) groups excluding carboxylic acids is 1. The third kappa shape index (κ3) is 3.37. The fourth-order valence-electron chi connectivity index (χ4n) is 2.10. The zero-order valence-electron chi connectivity index (χ0n) is 12.8. The number of rotatable bonds is 5. The first-order valence-corrected chi connectivity index (χ1v) is 8.26. The van der Waals surface area contributed by atoms with Gasteiger partial charge in [0.2, 0.25) is 10.0 Å². The maximum absolute atomic E-state index is 12.2. The van der Waals surface area contributed by atoms with Crippen LogP contribution in [0.3, 0.4) is 0 Å². The number of benzene rings is 1. The molecule has 1 aromatic heterocycles. The van der Waals surface area contributed by atoms with Crippen LogP contribution in [0.15, 0.2) is 41.4 Å². The minimum atomic E-state index is -3.56. The van der Waals surface area contributed by atoms with Gasteiger partial charge in [-0.2, -0.15) is 0 Å². The number of aryl methyl sites for hydroxylation is 2. The fraction of sp³-hybridized carbons (Fsp3) is 0.267. The molecule has 2 N–H and O–H groups in total. The molecule has 0 aliphatic carbocycles. The summed E-state index contributed by atoms with van der Waals surface area (Å²) in [6, 6.07) is 9.12. The lowest BCUT2D eigenvalue weighted by molar-refractivity contribution is 0.0942. The van der Waals surface area contributed by atoms with E-state index in [2.05, 4.69) is 10.0 Å². The van der Waals surface area contributed by atoms with E-state index in [1.807, 2.05) is 31.2 Å². The Bertz CT molecular complexity index is 794. The maximum atomic E-state index is 12.2. The van der Waals surface area contributed by atoms with Crippen LogP contribution in [0.1, 0.15) is 21.6 Å². The Balaban J connectivity index is 2.16. The summed E-state index contributed by atoms with van der Waals surface area (Å²) < 4.78 is 27.2. The summed E-state index contributed by atoms with van der Waals surface area (Å²) in [6.45, 7) is 2.37. The van der Waals surface area contributed by atoms with Crippen molar-refractivity contribution in [2.24, 2.45) is 7.05 Å². The highest BCUT2D eigenvalue weighted by Gasteiger charge is 2.19. The lowest BCUT2D eigenvalue weighted by atomic mass is 10.1. The summed E-state index contributed by atoms with van der Waals surface area (Å²) in [5.74, 6) is -0.316. The van der Waals surface area contributed by atoms with E-state index in [0.29, 0.717) is 12.2 Å². The van der Waals surface area contributed by atoms with Crippen molar-refractivity contribution in [3.8, 4) is 0 Å². The molecule has 0 bridgehead atoms. The Labute approximate surface area is 130 Å². The van der Waals surface area contributed by atoms with E-state index in [1.54, 1.807) is 7.05 Å². The standard InChI is InChI=1S/C15H19N3O3S/c1-11-6-4-5-7-12(11)9-17-15(19)14-8-13(10-18(14)3)22(20,21)16-2/h4-8,10,16H,9H2,1-3H3,(H,17,19). The monoisotopic (exact) mass is 321 g/mol. The normalized spacial score (nSPS) is 11.4. The van der Waals surface area contributed by atoms with Crippen LogP contribution < -0.4 is 10.0 Å². The first-order valence-electron chi connectivity index (χ1n) is 6.78. The minimum Gasteiger partial charge on any atom is -0.347 e. The molecule has 1 amide bonds. The highest BCUT2D eigenvalue weighted by atomic mass is 32.2. The van der Waals surface area contributed by atoms with Gasteiger partial charge in [0.05, 0.1) is 0 Å². The highest BCUT2D eigenvalue weighted by molar-refractivity contribution is 7.89. The predicted molar refractivity (Wildman–Crippen MR) is 84.0 cm³/mol. The predicted octanol–water partition coefficient (Wildman–Crippen LogP) is 1.17. The summed E-state index contributed by atoms with van der Waals surface area (Å²) in [6.07, 6.45) is 1.41. The van der Waals surface area contributed by atoms with E-state index >= 15 is 0 Å². The smallest absolute Gasteiger partial charge is 0.268 e. The Kier molecular flexibility index (Phi) is 4.68. The van der Waals surface area contributed by atoms with Crippen molar-refractivity contribution >= 4 is 15.9 Å². The summed E-state index contributed by atoms with van der Waals surface area (Å²) in [7, 11) is -0.588. The van der Waals surface area contributed by atoms with Crippen molar-refractivity contribution in [1.29, 1.82) is 0 Å². The fourth-order valence-corrected chi connectivity index (χ4v) is 2.90. The number of carbonyl (C=O) groups is 1. The molecule has 118 valence electrons. The van der Waals surface area contributed by atoms with Gasteiger partial charge in [-0.3, -0.25) is 4.79 Å². The number of hydrogen-bond acceptors (Lipinski definition) is 3. The number of nitrogens with zero attached hydrogens (tertiary/aromatic N) is 1. The zero-order chi connectivity index (χ0) is 16.3. The first-order chi connectivity index (χ1) is 10.3. The lowest BCUT2D eigenvalue weighted by Crippen LogP contribution is -2.25. The molecule has 1 heterocycles. The van der Waals surface area contributed by atoms with E-state index in [1.165, 1.54) is 23.9 Å². The molecule has 22 heavy (non-hydrogen) atoms. The third-order valence-electron chi connectivity index (χ3n) is 3.49. The third-order valence-corrected chi connectivity index (χ3v) is 4.87. The van der Waals surface area contributed by atoms with Crippen molar-refractivity contribution in [2.75, 3.05) is 7.05 Å². The summed E-state index contributed by atoms with van der Waals surface area (Å²) in [5, 5.41) is 2.80. The van der Waals surface area contributed by atoms with Crippen LogP contribution in [0.25, 0.3) is 0 Å². The second kappa shape index (κ2) is 6.33. The summed E-state index contributed by atoms with van der Waals surface area (Å²) >= 11 is 0. The van der Waals surface area contributed by atoms with E-state index in [4.69, 9.17) is 0 Å². The molecule has 0 saturated heterocycles. The van der Waals surface area contributed by atoms with Crippen molar-refractivity contribution in [2.45, 2.75) is 18.4 Å². The molecule has 0 radical (unpaired) electrons. The van der Waals surface area contributed by atoms with Crippen LogP contribution in [0.2, 0.25) is 0 Å². The molecule has 6 nitrogen and oxygen atoms in total. The molecule has 0 spiro atoms. The SMILES string of the molecule is CNS(=O)(=O)c1cc(C(=O)NCc2ccccc2C)n(C)c1. The maximum Gasteiger partial charge on any atom is 0.268 e. The second-order valence-electron chi connectivity index (χ2n) is 4.99. The Morgan fingerprint density at radius 1 is 1.27 bits per heavy atom. The average molecular weight is 321 g/mol. The van der Waals surface area contributed by atoms with E-state index in [0.717, 1.165) is 11.1 Å². The number of aromatic nitrogens is 1. The van der Waals surface area contributed by atoms with Crippen LogP contribution in [0.5, 0.6) is 0 Å². The van der Waals surface area contributed by atoms with E-state index in [9.17, 15) is 13.2 Å². The molecule has 0 saturated carbocycles. The average Bonchev–Trinajstić information content (AvgIpc) is 2.89. The van der Waals surface area contributed by atoms with Gasteiger partial charge in [-0.25, -0.2) is 13.1 Å². The quantitative estimate of drug-likeness (QED) is 0.867. The Hall–Kier alpha value is -2.12. The van der Waals surface area contributed by atoms with Crippen molar-refractivity contribution in [3.63, 3.8) is 0 Å². The zero-order valence-corrected chi connectivity index (χ0v) is 13.6. The lowest BCUT2D eigenvalue weighted by Gasteiger charge is -2.08. The van der Waals surface area contributed by atoms with Gasteiger partial charge in [-0.15, -0.1) is 0 Å². The molecular formula is C15H19N3O3S. The Morgan fingerprint density at radius 2 is 1.95 bits per heavy atom. The summed E-state index contributed by atoms with van der Waals surface area (Å²) in [4.78, 5) is 12.3. The van der Waals surface area contributed by atoms with Crippen molar-refractivity contribution in [3.05, 3.63) is 53.3 Å². The van der Waals surface area contributed by atoms with E-state index < -0.39 is 10.0 Å². The Morgan fingerprint density at radius 3 is 2.59 bits per heavy atom. The molecule has 0 atom stereocenters. The van der Waals surface area contributed by atoms with Gasteiger partial charge in [-0.05, 0) is 31.2 Å². The molecule has 0 aliphatic heterocycles. The van der Waals surface area contributed by atoms with Crippen molar-refractivity contribution < 1.29 is 13.2 Å². The van der Waals surface area contributed by atoms with Gasteiger partial charge < -0.3 is 9.88 Å². The molecule has 1 aromatic carbocycles. The van der Waals surface area contributed by atoms with Gasteiger partial charge in [0.25, 0.3) is 5.91 Å². The molecule has 2 aromatic rings. The van der Waals surface area contributed by atoms with Gasteiger partial charge in [0.1, 0.15) is 10.6 Å². The second-order valence-corrected chi connectivity index (χ2v) is 6.88. The topological polar surface area (TPSA) is 80.2 Å². The number of nitrogens with one attached hydrogen (secondary N) is 2. The van der Waals surface area contributed by atoms with Crippen LogP contribution in [0, 0.1) is 6.92 Å². The van der Waals surface area contributed by atoms with Gasteiger partial charge in [-0.1, -0.05) is 24.3 Å². The molecule has 0 aliphatic rings.